The number of imidazole rings is 1. The van der Waals surface area contributed by atoms with E-state index in [2.05, 4.69) is 44.5 Å². The van der Waals surface area contributed by atoms with E-state index in [-0.39, 0.29) is 11.9 Å². The Labute approximate surface area is 205 Å². The standard InChI is InChI=1S/C28H30N4O3/c1-34-25-11-9-20(17-26(25)35-2)27-30-23-10-8-21(16-24(23)31-27)28(33)29-22-12-14-32(15-13-22)18-19-6-4-3-5-7-19/h3-11,16-17,22H,12-15,18H2,1-2H3,(H,29,33)(H,30,31). The van der Waals surface area contributed by atoms with Crippen molar-refractivity contribution in [2.24, 2.45) is 0 Å². The minimum atomic E-state index is -0.0457. The predicted octanol–water partition coefficient (Wildman–Crippen LogP) is 4.64. The molecule has 0 unspecified atom stereocenters. The van der Waals surface area contributed by atoms with Crippen molar-refractivity contribution in [3.05, 3.63) is 77.9 Å². The Kier molecular flexibility index (Phi) is 6.68. The molecule has 0 spiro atoms. The molecule has 35 heavy (non-hydrogen) atoms. The van der Waals surface area contributed by atoms with E-state index in [0.29, 0.717) is 22.9 Å². The van der Waals surface area contributed by atoms with Crippen LogP contribution in [0.1, 0.15) is 28.8 Å². The molecule has 3 aromatic carbocycles. The van der Waals surface area contributed by atoms with Crippen molar-refractivity contribution in [2.45, 2.75) is 25.4 Å². The van der Waals surface area contributed by atoms with Gasteiger partial charge in [-0.15, -0.1) is 0 Å². The van der Waals surface area contributed by atoms with Crippen molar-refractivity contribution in [3.63, 3.8) is 0 Å². The summed E-state index contributed by atoms with van der Waals surface area (Å²) in [6, 6.07) is 22.0. The molecule has 0 aliphatic carbocycles. The molecule has 2 N–H and O–H groups in total. The lowest BCUT2D eigenvalue weighted by Gasteiger charge is -2.32. The molecule has 1 fully saturated rings. The average Bonchev–Trinajstić information content (AvgIpc) is 3.33. The first kappa shape index (κ1) is 22.9. The second-order valence-corrected chi connectivity index (χ2v) is 8.90. The summed E-state index contributed by atoms with van der Waals surface area (Å²) in [5.74, 6) is 1.97. The van der Waals surface area contributed by atoms with Crippen molar-refractivity contribution in [1.82, 2.24) is 20.2 Å². The first-order chi connectivity index (χ1) is 17.1. The highest BCUT2D eigenvalue weighted by Crippen LogP contribution is 2.32. The summed E-state index contributed by atoms with van der Waals surface area (Å²) in [5, 5.41) is 3.22. The van der Waals surface area contributed by atoms with Crippen molar-refractivity contribution < 1.29 is 14.3 Å². The normalized spacial score (nSPS) is 14.7. The number of amides is 1. The third kappa shape index (κ3) is 5.15. The maximum absolute atomic E-state index is 13.0. The van der Waals surface area contributed by atoms with Crippen LogP contribution in [0.15, 0.2) is 66.7 Å². The van der Waals surface area contributed by atoms with Gasteiger partial charge in [0, 0.05) is 36.8 Å². The van der Waals surface area contributed by atoms with Gasteiger partial charge >= 0.3 is 0 Å². The summed E-state index contributed by atoms with van der Waals surface area (Å²) in [6.07, 6.45) is 1.91. The molecule has 1 aromatic heterocycles. The van der Waals surface area contributed by atoms with Crippen LogP contribution in [0.3, 0.4) is 0 Å². The molecule has 180 valence electrons. The number of nitrogens with zero attached hydrogens (tertiary/aromatic N) is 2. The predicted molar refractivity (Wildman–Crippen MR) is 137 cm³/mol. The van der Waals surface area contributed by atoms with Gasteiger partial charge in [-0.25, -0.2) is 4.98 Å². The minimum Gasteiger partial charge on any atom is -0.493 e. The van der Waals surface area contributed by atoms with Gasteiger partial charge in [-0.2, -0.15) is 0 Å². The van der Waals surface area contributed by atoms with E-state index >= 15 is 0 Å². The van der Waals surface area contributed by atoms with Crippen LogP contribution in [0, 0.1) is 0 Å². The van der Waals surface area contributed by atoms with Gasteiger partial charge in [0.1, 0.15) is 5.82 Å². The van der Waals surface area contributed by atoms with Crippen molar-refractivity contribution in [3.8, 4) is 22.9 Å². The molecule has 0 bridgehead atoms. The summed E-state index contributed by atoms with van der Waals surface area (Å²) in [6.45, 7) is 2.92. The van der Waals surface area contributed by atoms with E-state index in [1.807, 2.05) is 42.5 Å². The van der Waals surface area contributed by atoms with Crippen LogP contribution < -0.4 is 14.8 Å². The molecule has 7 heteroatoms. The molecule has 0 atom stereocenters. The van der Waals surface area contributed by atoms with Gasteiger partial charge < -0.3 is 19.8 Å². The number of piperidine rings is 1. The lowest BCUT2D eigenvalue weighted by Crippen LogP contribution is -2.44. The summed E-state index contributed by atoms with van der Waals surface area (Å²) in [7, 11) is 3.22. The molecule has 5 rings (SSSR count). The van der Waals surface area contributed by atoms with Crippen LogP contribution in [0.5, 0.6) is 11.5 Å². The number of hydrogen-bond donors (Lipinski definition) is 2. The zero-order chi connectivity index (χ0) is 24.2. The quantitative estimate of drug-likeness (QED) is 0.411. The monoisotopic (exact) mass is 470 g/mol. The second-order valence-electron chi connectivity index (χ2n) is 8.90. The van der Waals surface area contributed by atoms with Gasteiger partial charge in [0.25, 0.3) is 5.91 Å². The second kappa shape index (κ2) is 10.2. The molecular formula is C28H30N4O3. The third-order valence-electron chi connectivity index (χ3n) is 6.57. The first-order valence-corrected chi connectivity index (χ1v) is 11.9. The zero-order valence-corrected chi connectivity index (χ0v) is 20.1. The highest BCUT2D eigenvalue weighted by Gasteiger charge is 2.21. The highest BCUT2D eigenvalue weighted by atomic mass is 16.5. The molecular weight excluding hydrogens is 440 g/mol. The number of carbonyl (C=O) groups excluding carboxylic acids is 1. The minimum absolute atomic E-state index is 0.0457. The van der Waals surface area contributed by atoms with Crippen molar-refractivity contribution in [2.75, 3.05) is 27.3 Å². The van der Waals surface area contributed by atoms with Gasteiger partial charge in [0.15, 0.2) is 11.5 Å². The fraction of sp³-hybridized carbons (Fsp3) is 0.286. The van der Waals surface area contributed by atoms with E-state index in [1.54, 1.807) is 14.2 Å². The van der Waals surface area contributed by atoms with Crippen LogP contribution in [0.25, 0.3) is 22.4 Å². The summed E-state index contributed by atoms with van der Waals surface area (Å²) >= 11 is 0. The Morgan fingerprint density at radius 1 is 1.00 bits per heavy atom. The van der Waals surface area contributed by atoms with Crippen LogP contribution in [-0.2, 0) is 6.54 Å². The van der Waals surface area contributed by atoms with Gasteiger partial charge in [-0.1, -0.05) is 30.3 Å². The van der Waals surface area contributed by atoms with Crippen LogP contribution in [0.2, 0.25) is 0 Å². The number of rotatable bonds is 7. The molecule has 7 nitrogen and oxygen atoms in total. The molecule has 1 amide bonds. The smallest absolute Gasteiger partial charge is 0.251 e. The van der Waals surface area contributed by atoms with E-state index in [4.69, 9.17) is 9.47 Å². The topological polar surface area (TPSA) is 79.5 Å². The summed E-state index contributed by atoms with van der Waals surface area (Å²) in [5.41, 5.74) is 4.47. The van der Waals surface area contributed by atoms with Gasteiger partial charge in [0.2, 0.25) is 0 Å². The lowest BCUT2D eigenvalue weighted by molar-refractivity contribution is 0.0909. The molecule has 0 radical (unpaired) electrons. The van der Waals surface area contributed by atoms with Gasteiger partial charge in [-0.05, 0) is 54.8 Å². The lowest BCUT2D eigenvalue weighted by atomic mass is 10.0. The number of carbonyl (C=O) groups is 1. The summed E-state index contributed by atoms with van der Waals surface area (Å²) < 4.78 is 10.7. The third-order valence-corrected chi connectivity index (χ3v) is 6.57. The first-order valence-electron chi connectivity index (χ1n) is 11.9. The van der Waals surface area contributed by atoms with E-state index in [1.165, 1.54) is 5.56 Å². The van der Waals surface area contributed by atoms with Crippen LogP contribution in [-0.4, -0.2) is 54.1 Å². The molecule has 0 saturated carbocycles. The van der Waals surface area contributed by atoms with E-state index < -0.39 is 0 Å². The SMILES string of the molecule is COc1ccc(-c2nc3ccc(C(=O)NC4CCN(Cc5ccccc5)CC4)cc3[nH]2)cc1OC. The van der Waals surface area contributed by atoms with Crippen LogP contribution >= 0.6 is 0 Å². The fourth-order valence-corrected chi connectivity index (χ4v) is 4.62. The van der Waals surface area contributed by atoms with Crippen molar-refractivity contribution >= 4 is 16.9 Å². The van der Waals surface area contributed by atoms with E-state index in [0.717, 1.165) is 49.1 Å². The Morgan fingerprint density at radius 2 is 1.77 bits per heavy atom. The Hall–Kier alpha value is -3.84. The summed E-state index contributed by atoms with van der Waals surface area (Å²) in [4.78, 5) is 23.4. The molecule has 4 aromatic rings. The van der Waals surface area contributed by atoms with Crippen LogP contribution in [0.4, 0.5) is 0 Å². The number of hydrogen-bond acceptors (Lipinski definition) is 5. The molecule has 2 heterocycles. The largest absolute Gasteiger partial charge is 0.493 e. The Balaban J connectivity index is 1.23. The number of aromatic nitrogens is 2. The molecule has 1 aliphatic heterocycles. The number of likely N-dealkylation sites (tertiary alicyclic amines) is 1. The maximum atomic E-state index is 13.0. The fourth-order valence-electron chi connectivity index (χ4n) is 4.62. The van der Waals surface area contributed by atoms with E-state index in [9.17, 15) is 4.79 Å². The Bertz CT molecular complexity index is 1310. The molecule has 1 saturated heterocycles. The van der Waals surface area contributed by atoms with Gasteiger partial charge in [-0.3, -0.25) is 9.69 Å². The number of nitrogens with one attached hydrogen (secondary N) is 2. The highest BCUT2D eigenvalue weighted by molar-refractivity contribution is 5.97. The Morgan fingerprint density at radius 3 is 2.51 bits per heavy atom. The molecule has 1 aliphatic rings. The van der Waals surface area contributed by atoms with Gasteiger partial charge in [0.05, 0.1) is 25.3 Å². The number of fused-ring (bicyclic) bond motifs is 1. The average molecular weight is 471 g/mol. The number of H-pyrrole nitrogens is 1. The maximum Gasteiger partial charge on any atom is 0.251 e. The number of aromatic amines is 1. The number of benzene rings is 3. The zero-order valence-electron chi connectivity index (χ0n) is 20.1. The number of methoxy groups -OCH3 is 2. The van der Waals surface area contributed by atoms with Crippen molar-refractivity contribution in [1.29, 1.82) is 0 Å². The number of ether oxygens (including phenoxy) is 2.